The van der Waals surface area contributed by atoms with E-state index in [4.69, 9.17) is 11.6 Å². The average Bonchev–Trinajstić information content (AvgIpc) is 2.65. The summed E-state index contributed by atoms with van der Waals surface area (Å²) in [5, 5.41) is 0.0662. The molecule has 3 rings (SSSR count). The van der Waals surface area contributed by atoms with E-state index in [-0.39, 0.29) is 5.02 Å². The minimum atomic E-state index is -0.432. The summed E-state index contributed by atoms with van der Waals surface area (Å²) in [6.07, 6.45) is 2.18. The number of benzene rings is 3. The summed E-state index contributed by atoms with van der Waals surface area (Å²) in [4.78, 5) is 0. The van der Waals surface area contributed by atoms with Crippen molar-refractivity contribution < 1.29 is 4.39 Å². The van der Waals surface area contributed by atoms with Crippen LogP contribution in [0, 0.1) is 17.7 Å². The molecule has 2 heteroatoms. The first-order valence-electron chi connectivity index (χ1n) is 8.33. The third kappa shape index (κ3) is 4.10. The van der Waals surface area contributed by atoms with Crippen LogP contribution >= 0.6 is 11.6 Å². The second kappa shape index (κ2) is 8.01. The fourth-order valence-electron chi connectivity index (χ4n) is 2.67. The van der Waals surface area contributed by atoms with E-state index in [2.05, 4.69) is 30.9 Å². The lowest BCUT2D eigenvalue weighted by atomic mass is 10.0. The highest BCUT2D eigenvalue weighted by Crippen LogP contribution is 2.29. The summed E-state index contributed by atoms with van der Waals surface area (Å²) >= 11 is 6.20. The average molecular weight is 349 g/mol. The van der Waals surface area contributed by atoms with E-state index < -0.39 is 5.82 Å². The Kier molecular flexibility index (Phi) is 5.53. The molecule has 0 amide bonds. The van der Waals surface area contributed by atoms with Crippen molar-refractivity contribution in [1.29, 1.82) is 0 Å². The maximum absolute atomic E-state index is 14.6. The highest BCUT2D eigenvalue weighted by molar-refractivity contribution is 6.32. The van der Waals surface area contributed by atoms with E-state index in [1.54, 1.807) is 12.1 Å². The van der Waals surface area contributed by atoms with Gasteiger partial charge in [-0.15, -0.1) is 0 Å². The van der Waals surface area contributed by atoms with Crippen molar-refractivity contribution in [2.45, 2.75) is 19.8 Å². The van der Waals surface area contributed by atoms with Gasteiger partial charge in [0.05, 0.1) is 5.02 Å². The van der Waals surface area contributed by atoms with E-state index in [1.165, 1.54) is 5.56 Å². The molecular formula is C23H18ClF. The van der Waals surface area contributed by atoms with Crippen molar-refractivity contribution >= 4 is 11.6 Å². The molecule has 0 aliphatic carbocycles. The summed E-state index contributed by atoms with van der Waals surface area (Å²) in [6, 6.07) is 21.0. The lowest BCUT2D eigenvalue weighted by Gasteiger charge is -2.06. The first kappa shape index (κ1) is 17.3. The fraction of sp³-hybridized carbons (Fsp3) is 0.130. The molecule has 0 radical (unpaired) electrons. The van der Waals surface area contributed by atoms with Crippen molar-refractivity contribution in [3.05, 3.63) is 94.3 Å². The zero-order chi connectivity index (χ0) is 17.6. The molecule has 3 aromatic carbocycles. The molecule has 0 bridgehead atoms. The minimum absolute atomic E-state index is 0.0662. The van der Waals surface area contributed by atoms with Gasteiger partial charge in [-0.05, 0) is 35.7 Å². The van der Waals surface area contributed by atoms with Crippen molar-refractivity contribution in [3.8, 4) is 23.0 Å². The van der Waals surface area contributed by atoms with E-state index >= 15 is 0 Å². The van der Waals surface area contributed by atoms with Gasteiger partial charge in [0.15, 0.2) is 5.82 Å². The SMILES string of the molecule is CCCc1ccc(C#Cc2ccc(-c3ccccc3)c(F)c2Cl)cc1. The van der Waals surface area contributed by atoms with Gasteiger partial charge in [0, 0.05) is 16.7 Å². The normalized spacial score (nSPS) is 10.2. The molecule has 3 aromatic rings. The summed E-state index contributed by atoms with van der Waals surface area (Å²) < 4.78 is 14.6. The number of hydrogen-bond donors (Lipinski definition) is 0. The van der Waals surface area contributed by atoms with Gasteiger partial charge in [-0.3, -0.25) is 0 Å². The number of halogens is 2. The van der Waals surface area contributed by atoms with Crippen LogP contribution in [0.2, 0.25) is 5.02 Å². The van der Waals surface area contributed by atoms with E-state index in [1.807, 2.05) is 42.5 Å². The Labute approximate surface area is 153 Å². The smallest absolute Gasteiger partial charge is 0.150 e. The molecule has 25 heavy (non-hydrogen) atoms. The Morgan fingerprint density at radius 1 is 0.880 bits per heavy atom. The molecule has 0 aliphatic rings. The summed E-state index contributed by atoms with van der Waals surface area (Å²) in [7, 11) is 0. The van der Waals surface area contributed by atoms with Gasteiger partial charge in [0.25, 0.3) is 0 Å². The largest absolute Gasteiger partial charge is 0.205 e. The summed E-state index contributed by atoms with van der Waals surface area (Å²) in [6.45, 7) is 2.16. The van der Waals surface area contributed by atoms with Gasteiger partial charge in [-0.25, -0.2) is 4.39 Å². The summed E-state index contributed by atoms with van der Waals surface area (Å²) in [5.41, 5.74) is 3.97. The van der Waals surface area contributed by atoms with E-state index in [0.717, 1.165) is 24.0 Å². The van der Waals surface area contributed by atoms with Crippen LogP contribution in [0.3, 0.4) is 0 Å². The Balaban J connectivity index is 1.88. The van der Waals surface area contributed by atoms with Crippen molar-refractivity contribution in [2.24, 2.45) is 0 Å². The number of rotatable bonds is 3. The molecule has 0 nitrogen and oxygen atoms in total. The van der Waals surface area contributed by atoms with Gasteiger partial charge in [0.1, 0.15) is 0 Å². The molecule has 0 N–H and O–H groups in total. The monoisotopic (exact) mass is 348 g/mol. The first-order chi connectivity index (χ1) is 12.2. The van der Waals surface area contributed by atoms with Crippen LogP contribution in [-0.4, -0.2) is 0 Å². The van der Waals surface area contributed by atoms with Crippen LogP contribution in [0.25, 0.3) is 11.1 Å². The maximum atomic E-state index is 14.6. The third-order valence-electron chi connectivity index (χ3n) is 4.00. The molecule has 124 valence electrons. The molecule has 0 fully saturated rings. The van der Waals surface area contributed by atoms with Crippen LogP contribution < -0.4 is 0 Å². The molecule has 0 saturated heterocycles. The van der Waals surface area contributed by atoms with Crippen LogP contribution in [0.4, 0.5) is 4.39 Å². The maximum Gasteiger partial charge on any atom is 0.150 e. The van der Waals surface area contributed by atoms with Crippen molar-refractivity contribution in [1.82, 2.24) is 0 Å². The molecule has 0 aliphatic heterocycles. The first-order valence-corrected chi connectivity index (χ1v) is 8.71. The van der Waals surface area contributed by atoms with Gasteiger partial charge in [0.2, 0.25) is 0 Å². The topological polar surface area (TPSA) is 0 Å². The fourth-order valence-corrected chi connectivity index (χ4v) is 2.88. The predicted molar refractivity (Wildman–Crippen MR) is 103 cm³/mol. The Hall–Kier alpha value is -2.56. The highest BCUT2D eigenvalue weighted by Gasteiger charge is 2.11. The Morgan fingerprint density at radius 2 is 1.60 bits per heavy atom. The van der Waals surface area contributed by atoms with Crippen LogP contribution in [0.1, 0.15) is 30.0 Å². The lowest BCUT2D eigenvalue weighted by Crippen LogP contribution is -1.89. The molecule has 0 unspecified atom stereocenters. The second-order valence-corrected chi connectivity index (χ2v) is 6.23. The molecule has 0 spiro atoms. The Bertz CT molecular complexity index is 916. The molecule has 0 aromatic heterocycles. The minimum Gasteiger partial charge on any atom is -0.205 e. The van der Waals surface area contributed by atoms with E-state index in [9.17, 15) is 4.39 Å². The molecule has 0 heterocycles. The third-order valence-corrected chi connectivity index (χ3v) is 4.37. The number of hydrogen-bond acceptors (Lipinski definition) is 0. The molecule has 0 saturated carbocycles. The highest BCUT2D eigenvalue weighted by atomic mass is 35.5. The van der Waals surface area contributed by atoms with Crippen LogP contribution in [-0.2, 0) is 6.42 Å². The zero-order valence-corrected chi connectivity index (χ0v) is 14.8. The summed E-state index contributed by atoms with van der Waals surface area (Å²) in [5.74, 6) is 5.60. The molecule has 0 atom stereocenters. The predicted octanol–water partition coefficient (Wildman–Crippen LogP) is 6.50. The van der Waals surface area contributed by atoms with Crippen LogP contribution in [0.15, 0.2) is 66.7 Å². The van der Waals surface area contributed by atoms with Gasteiger partial charge in [-0.1, -0.05) is 85.3 Å². The lowest BCUT2D eigenvalue weighted by molar-refractivity contribution is 0.631. The quantitative estimate of drug-likeness (QED) is 0.474. The second-order valence-electron chi connectivity index (χ2n) is 5.85. The van der Waals surface area contributed by atoms with Crippen molar-refractivity contribution in [3.63, 3.8) is 0 Å². The zero-order valence-electron chi connectivity index (χ0n) is 14.0. The molecular weight excluding hydrogens is 331 g/mol. The Morgan fingerprint density at radius 3 is 2.28 bits per heavy atom. The van der Waals surface area contributed by atoms with Gasteiger partial charge < -0.3 is 0 Å². The van der Waals surface area contributed by atoms with Gasteiger partial charge in [-0.2, -0.15) is 0 Å². The standard InChI is InChI=1S/C23H18ClF/c1-2-6-17-9-11-18(12-10-17)13-14-20-15-16-21(23(25)22(20)24)19-7-4-3-5-8-19/h3-5,7-12,15-16H,2,6H2,1H3. The number of aryl methyl sites for hydroxylation is 1. The van der Waals surface area contributed by atoms with Gasteiger partial charge >= 0.3 is 0 Å². The van der Waals surface area contributed by atoms with Crippen molar-refractivity contribution in [2.75, 3.05) is 0 Å². The van der Waals surface area contributed by atoms with E-state index in [0.29, 0.717) is 11.1 Å². The van der Waals surface area contributed by atoms with Crippen LogP contribution in [0.5, 0.6) is 0 Å².